The summed E-state index contributed by atoms with van der Waals surface area (Å²) in [6, 6.07) is 9.05. The van der Waals surface area contributed by atoms with Gasteiger partial charge in [0.25, 0.3) is 0 Å². The molecule has 1 aliphatic rings. The third kappa shape index (κ3) is 7.97. The van der Waals surface area contributed by atoms with Gasteiger partial charge in [0.15, 0.2) is 5.54 Å². The average molecular weight is 492 g/mol. The molecule has 1 fully saturated rings. The molecule has 0 radical (unpaired) electrons. The van der Waals surface area contributed by atoms with E-state index in [1.165, 1.54) is 0 Å². The summed E-state index contributed by atoms with van der Waals surface area (Å²) in [5, 5.41) is 0. The summed E-state index contributed by atoms with van der Waals surface area (Å²) in [7, 11) is 0. The van der Waals surface area contributed by atoms with E-state index in [0.717, 1.165) is 10.5 Å². The molecule has 0 heterocycles. The summed E-state index contributed by atoms with van der Waals surface area (Å²) in [6.07, 6.45) is -1.65. The maximum atomic E-state index is 13.5. The van der Waals surface area contributed by atoms with Gasteiger partial charge in [0.1, 0.15) is 17.8 Å². The summed E-state index contributed by atoms with van der Waals surface area (Å²) >= 11 is 0. The lowest BCUT2D eigenvalue weighted by atomic mass is 10.1. The molecule has 0 spiro atoms. The SMILES string of the molecule is CCOC(=O)CCC1CC1(C(=O)OCc1ccccc1)N(C(=O)OC(C)(C)C)C(=O)OC(C)(C)C. The Morgan fingerprint density at radius 1 is 0.914 bits per heavy atom. The van der Waals surface area contributed by atoms with Crippen LogP contribution in [-0.2, 0) is 35.1 Å². The monoisotopic (exact) mass is 491 g/mol. The minimum Gasteiger partial charge on any atom is -0.466 e. The van der Waals surface area contributed by atoms with E-state index in [9.17, 15) is 19.2 Å². The van der Waals surface area contributed by atoms with Gasteiger partial charge in [0.2, 0.25) is 0 Å². The molecule has 2 unspecified atom stereocenters. The van der Waals surface area contributed by atoms with E-state index in [1.54, 1.807) is 60.6 Å². The summed E-state index contributed by atoms with van der Waals surface area (Å²) in [5.41, 5.74) is -2.75. The Labute approximate surface area is 207 Å². The van der Waals surface area contributed by atoms with Crippen LogP contribution >= 0.6 is 0 Å². The van der Waals surface area contributed by atoms with Crippen LogP contribution in [0.15, 0.2) is 30.3 Å². The standard InChI is InChI=1S/C26H37NO8/c1-8-32-20(28)15-14-19-16-26(19,21(29)33-17-18-12-10-9-11-13-18)27(22(30)34-24(2,3)4)23(31)35-25(5,6)7/h9-13,19H,8,14-17H2,1-7H3. The molecule has 9 heteroatoms. The quantitative estimate of drug-likeness (QED) is 0.369. The molecule has 0 aliphatic heterocycles. The van der Waals surface area contributed by atoms with Crippen LogP contribution in [0.1, 0.15) is 73.3 Å². The Hall–Kier alpha value is -3.10. The van der Waals surface area contributed by atoms with E-state index in [4.69, 9.17) is 18.9 Å². The number of amides is 2. The lowest BCUT2D eigenvalue weighted by molar-refractivity contribution is -0.154. The second-order valence-corrected chi connectivity index (χ2v) is 10.5. The number of esters is 2. The van der Waals surface area contributed by atoms with Gasteiger partial charge >= 0.3 is 24.1 Å². The van der Waals surface area contributed by atoms with Crippen molar-refractivity contribution in [2.24, 2.45) is 5.92 Å². The van der Waals surface area contributed by atoms with Crippen LogP contribution in [0.5, 0.6) is 0 Å². The topological polar surface area (TPSA) is 108 Å². The predicted molar refractivity (Wildman–Crippen MR) is 127 cm³/mol. The van der Waals surface area contributed by atoms with Crippen molar-refractivity contribution in [3.8, 4) is 0 Å². The van der Waals surface area contributed by atoms with E-state index in [0.29, 0.717) is 0 Å². The Morgan fingerprint density at radius 3 is 1.94 bits per heavy atom. The van der Waals surface area contributed by atoms with Gasteiger partial charge in [0.05, 0.1) is 6.61 Å². The third-order valence-corrected chi connectivity index (χ3v) is 5.19. The first-order valence-electron chi connectivity index (χ1n) is 11.8. The third-order valence-electron chi connectivity index (χ3n) is 5.19. The van der Waals surface area contributed by atoms with Crippen molar-refractivity contribution in [2.75, 3.05) is 6.61 Å². The molecule has 1 aromatic rings. The zero-order chi connectivity index (χ0) is 26.4. The Bertz CT molecular complexity index is 888. The van der Waals surface area contributed by atoms with Gasteiger partial charge in [-0.25, -0.2) is 14.4 Å². The van der Waals surface area contributed by atoms with Crippen molar-refractivity contribution in [1.82, 2.24) is 4.90 Å². The number of ether oxygens (including phenoxy) is 4. The first-order chi connectivity index (χ1) is 16.2. The van der Waals surface area contributed by atoms with Crippen LogP contribution in [0.2, 0.25) is 0 Å². The summed E-state index contributed by atoms with van der Waals surface area (Å²) in [5.74, 6) is -1.70. The van der Waals surface area contributed by atoms with Gasteiger partial charge in [0, 0.05) is 6.42 Å². The highest BCUT2D eigenvalue weighted by Crippen LogP contribution is 2.53. The van der Waals surface area contributed by atoms with Gasteiger partial charge in [-0.05, 0) is 72.8 Å². The molecule has 0 N–H and O–H groups in total. The summed E-state index contributed by atoms with van der Waals surface area (Å²) < 4.78 is 21.5. The molecule has 1 aromatic carbocycles. The Balaban J connectivity index is 2.38. The molecule has 2 atom stereocenters. The van der Waals surface area contributed by atoms with Gasteiger partial charge in [-0.15, -0.1) is 0 Å². The predicted octanol–water partition coefficient (Wildman–Crippen LogP) is 5.00. The number of carbonyl (C=O) groups excluding carboxylic acids is 4. The van der Waals surface area contributed by atoms with Gasteiger partial charge in [-0.2, -0.15) is 4.90 Å². The molecule has 194 valence electrons. The highest BCUT2D eigenvalue weighted by atomic mass is 16.6. The maximum absolute atomic E-state index is 13.5. The van der Waals surface area contributed by atoms with Crippen LogP contribution in [0.3, 0.4) is 0 Å². The number of rotatable bonds is 8. The molecule has 0 bridgehead atoms. The second kappa shape index (κ2) is 11.1. The second-order valence-electron chi connectivity index (χ2n) is 10.5. The van der Waals surface area contributed by atoms with Crippen molar-refractivity contribution >= 4 is 24.1 Å². The fourth-order valence-electron chi connectivity index (χ4n) is 3.66. The zero-order valence-corrected chi connectivity index (χ0v) is 21.7. The Morgan fingerprint density at radius 2 is 1.46 bits per heavy atom. The minimum absolute atomic E-state index is 0.0305. The number of imide groups is 1. The molecule has 0 aromatic heterocycles. The number of nitrogens with zero attached hydrogens (tertiary/aromatic N) is 1. The highest BCUT2D eigenvalue weighted by Gasteiger charge is 2.69. The molecular formula is C26H37NO8. The smallest absolute Gasteiger partial charge is 0.420 e. The van der Waals surface area contributed by atoms with Crippen LogP contribution in [0.4, 0.5) is 9.59 Å². The normalized spacial score (nSPS) is 19.3. The van der Waals surface area contributed by atoms with Crippen LogP contribution in [-0.4, -0.2) is 52.4 Å². The number of hydrogen-bond donors (Lipinski definition) is 0. The van der Waals surface area contributed by atoms with Crippen molar-refractivity contribution in [2.45, 2.75) is 91.1 Å². The van der Waals surface area contributed by atoms with E-state index in [1.807, 2.05) is 18.2 Å². The largest absolute Gasteiger partial charge is 0.466 e. The molecular weight excluding hydrogens is 454 g/mol. The first-order valence-corrected chi connectivity index (χ1v) is 11.8. The van der Waals surface area contributed by atoms with Gasteiger partial charge in [-0.1, -0.05) is 30.3 Å². The van der Waals surface area contributed by atoms with Crippen molar-refractivity contribution in [3.63, 3.8) is 0 Å². The fourth-order valence-corrected chi connectivity index (χ4v) is 3.66. The fraction of sp³-hybridized carbons (Fsp3) is 0.615. The number of hydrogen-bond acceptors (Lipinski definition) is 8. The number of carbonyl (C=O) groups is 4. The maximum Gasteiger partial charge on any atom is 0.420 e. The first kappa shape index (κ1) is 28.1. The van der Waals surface area contributed by atoms with Crippen molar-refractivity contribution in [1.29, 1.82) is 0 Å². The number of benzene rings is 1. The summed E-state index contributed by atoms with van der Waals surface area (Å²) in [6.45, 7) is 11.8. The van der Waals surface area contributed by atoms with Crippen LogP contribution < -0.4 is 0 Å². The average Bonchev–Trinajstić information content (AvgIpc) is 3.43. The van der Waals surface area contributed by atoms with Gasteiger partial charge < -0.3 is 18.9 Å². The van der Waals surface area contributed by atoms with Gasteiger partial charge in [-0.3, -0.25) is 4.79 Å². The lowest BCUT2D eigenvalue weighted by Gasteiger charge is -2.33. The molecule has 1 aliphatic carbocycles. The van der Waals surface area contributed by atoms with Crippen molar-refractivity contribution < 1.29 is 38.1 Å². The van der Waals surface area contributed by atoms with Crippen LogP contribution in [0.25, 0.3) is 0 Å². The van der Waals surface area contributed by atoms with E-state index in [2.05, 4.69) is 0 Å². The minimum atomic E-state index is -1.65. The molecule has 35 heavy (non-hydrogen) atoms. The highest BCUT2D eigenvalue weighted by molar-refractivity contribution is 5.99. The van der Waals surface area contributed by atoms with Crippen molar-refractivity contribution in [3.05, 3.63) is 35.9 Å². The molecule has 2 amide bonds. The van der Waals surface area contributed by atoms with E-state index < -0.39 is 46.8 Å². The zero-order valence-electron chi connectivity index (χ0n) is 21.7. The molecule has 0 saturated heterocycles. The Kier molecular flexibility index (Phi) is 8.92. The summed E-state index contributed by atoms with van der Waals surface area (Å²) in [4.78, 5) is 52.6. The van der Waals surface area contributed by atoms with Crippen LogP contribution in [0, 0.1) is 5.92 Å². The molecule has 9 nitrogen and oxygen atoms in total. The van der Waals surface area contributed by atoms with E-state index >= 15 is 0 Å². The molecule has 2 rings (SSSR count). The molecule has 1 saturated carbocycles. The lowest BCUT2D eigenvalue weighted by Crippen LogP contribution is -2.55. The van der Waals surface area contributed by atoms with E-state index in [-0.39, 0.29) is 32.5 Å².